The fourth-order valence-corrected chi connectivity index (χ4v) is 3.55. The molecule has 0 aliphatic carbocycles. The highest BCUT2D eigenvalue weighted by atomic mass is 32.2. The summed E-state index contributed by atoms with van der Waals surface area (Å²) in [5.74, 6) is 0.188. The third-order valence-electron chi connectivity index (χ3n) is 4.31. The maximum absolute atomic E-state index is 11.5. The second-order valence-corrected chi connectivity index (χ2v) is 8.81. The topological polar surface area (TPSA) is 144 Å². The largest absolute Gasteiger partial charge is 0.352 e. The van der Waals surface area contributed by atoms with Gasteiger partial charge in [0.2, 0.25) is 21.9 Å². The number of benzene rings is 2. The number of carbonyl (C=O) groups excluding carboxylic acids is 1. The van der Waals surface area contributed by atoms with E-state index < -0.39 is 10.0 Å². The van der Waals surface area contributed by atoms with Gasteiger partial charge in [0.25, 0.3) is 0 Å². The molecule has 0 bridgehead atoms. The smallest absolute Gasteiger partial charge is 0.229 e. The number of hydrogen-bond acceptors (Lipinski definition) is 8. The lowest BCUT2D eigenvalue weighted by Gasteiger charge is -2.09. The van der Waals surface area contributed by atoms with Crippen LogP contribution in [-0.2, 0) is 21.4 Å². The Bertz CT molecular complexity index is 1400. The van der Waals surface area contributed by atoms with Crippen LogP contribution in [0.15, 0.2) is 54.7 Å². The first-order valence-corrected chi connectivity index (χ1v) is 11.4. The predicted molar refractivity (Wildman–Crippen MR) is 120 cm³/mol. The summed E-state index contributed by atoms with van der Waals surface area (Å²) in [7, 11) is -3.39. The summed E-state index contributed by atoms with van der Waals surface area (Å²) in [6.45, 7) is 1.86. The third-order valence-corrected chi connectivity index (χ3v) is 4.92. The fraction of sp³-hybridized carbons (Fsp3) is 0.150. The van der Waals surface area contributed by atoms with Gasteiger partial charge in [0.15, 0.2) is 11.2 Å². The van der Waals surface area contributed by atoms with Gasteiger partial charge >= 0.3 is 0 Å². The van der Waals surface area contributed by atoms with Gasteiger partial charge in [-0.15, -0.1) is 5.10 Å². The molecule has 32 heavy (non-hydrogen) atoms. The highest BCUT2D eigenvalue weighted by Crippen LogP contribution is 2.21. The van der Waals surface area contributed by atoms with Crippen LogP contribution in [0.1, 0.15) is 12.5 Å². The van der Waals surface area contributed by atoms with Crippen molar-refractivity contribution in [2.75, 3.05) is 16.3 Å². The lowest BCUT2D eigenvalue weighted by atomic mass is 10.2. The molecule has 0 unspecified atom stereocenters. The molecule has 1 amide bonds. The maximum atomic E-state index is 11.5. The summed E-state index contributed by atoms with van der Waals surface area (Å²) in [5.41, 5.74) is 3.67. The van der Waals surface area contributed by atoms with Crippen LogP contribution in [0.5, 0.6) is 0 Å². The van der Waals surface area contributed by atoms with E-state index in [0.717, 1.165) is 17.5 Å². The van der Waals surface area contributed by atoms with Crippen molar-refractivity contribution in [2.45, 2.75) is 13.5 Å². The molecule has 2 heterocycles. The molecule has 0 aliphatic heterocycles. The Kier molecular flexibility index (Phi) is 5.69. The van der Waals surface area contributed by atoms with Crippen molar-refractivity contribution in [3.8, 4) is 5.69 Å². The van der Waals surface area contributed by atoms with Crippen molar-refractivity contribution in [1.29, 1.82) is 0 Å². The van der Waals surface area contributed by atoms with Crippen molar-refractivity contribution >= 4 is 44.4 Å². The standard InChI is InChI=1S/C20H20N8O3S/c1-13(29)21-11-14-5-3-8-17(9-14)28-19-18(25-27-28)12-22-20(24-19)23-15-6-4-7-16(10-15)26-32(2,30)31/h3-10,12,26H,11H2,1-2H3,(H,21,29)(H,22,23,24). The minimum atomic E-state index is -3.39. The number of carbonyl (C=O) groups is 1. The Morgan fingerprint density at radius 1 is 1.09 bits per heavy atom. The molecule has 12 heteroatoms. The average molecular weight is 453 g/mol. The quantitative estimate of drug-likeness (QED) is 0.386. The van der Waals surface area contributed by atoms with Gasteiger partial charge in [-0.05, 0) is 35.9 Å². The summed E-state index contributed by atoms with van der Waals surface area (Å²) in [6.07, 6.45) is 2.64. The monoisotopic (exact) mass is 452 g/mol. The molecule has 0 saturated carbocycles. The van der Waals surface area contributed by atoms with Crippen LogP contribution in [0.2, 0.25) is 0 Å². The van der Waals surface area contributed by atoms with E-state index in [1.54, 1.807) is 35.1 Å². The molecular weight excluding hydrogens is 432 g/mol. The number of rotatable bonds is 7. The summed E-state index contributed by atoms with van der Waals surface area (Å²) in [5, 5.41) is 14.1. The summed E-state index contributed by atoms with van der Waals surface area (Å²) in [4.78, 5) is 20.0. The summed E-state index contributed by atoms with van der Waals surface area (Å²) < 4.78 is 26.9. The Labute approximate surface area is 183 Å². The molecule has 0 radical (unpaired) electrons. The fourth-order valence-electron chi connectivity index (χ4n) is 2.99. The molecule has 164 valence electrons. The van der Waals surface area contributed by atoms with Crippen molar-refractivity contribution in [2.24, 2.45) is 0 Å². The zero-order valence-corrected chi connectivity index (χ0v) is 18.1. The Hall–Kier alpha value is -4.06. The lowest BCUT2D eigenvalue weighted by Crippen LogP contribution is -2.18. The van der Waals surface area contributed by atoms with Crippen molar-refractivity contribution in [3.63, 3.8) is 0 Å². The molecule has 4 aromatic rings. The van der Waals surface area contributed by atoms with E-state index in [0.29, 0.717) is 35.0 Å². The minimum absolute atomic E-state index is 0.110. The molecule has 0 atom stereocenters. The Morgan fingerprint density at radius 2 is 1.88 bits per heavy atom. The van der Waals surface area contributed by atoms with Crippen molar-refractivity contribution < 1.29 is 13.2 Å². The third kappa shape index (κ3) is 5.16. The molecular formula is C20H20N8O3S. The van der Waals surface area contributed by atoms with Gasteiger partial charge < -0.3 is 10.6 Å². The van der Waals surface area contributed by atoms with Crippen LogP contribution in [0.25, 0.3) is 16.9 Å². The van der Waals surface area contributed by atoms with Gasteiger partial charge in [-0.2, -0.15) is 9.67 Å². The minimum Gasteiger partial charge on any atom is -0.352 e. The van der Waals surface area contributed by atoms with Gasteiger partial charge in [0, 0.05) is 19.2 Å². The second kappa shape index (κ2) is 8.59. The van der Waals surface area contributed by atoms with E-state index in [2.05, 4.69) is 35.6 Å². The van der Waals surface area contributed by atoms with Crippen molar-refractivity contribution in [3.05, 3.63) is 60.3 Å². The Morgan fingerprint density at radius 3 is 2.66 bits per heavy atom. The van der Waals surface area contributed by atoms with E-state index in [4.69, 9.17) is 0 Å². The van der Waals surface area contributed by atoms with E-state index in [1.807, 2.05) is 24.3 Å². The van der Waals surface area contributed by atoms with Crippen molar-refractivity contribution in [1.82, 2.24) is 30.3 Å². The molecule has 0 spiro atoms. The lowest BCUT2D eigenvalue weighted by molar-refractivity contribution is -0.119. The SMILES string of the molecule is CC(=O)NCc1cccc(-n2nnc3cnc(Nc4cccc(NS(C)(=O)=O)c4)nc32)c1. The van der Waals surface area contributed by atoms with Crippen LogP contribution < -0.4 is 15.4 Å². The van der Waals surface area contributed by atoms with E-state index >= 15 is 0 Å². The van der Waals surface area contributed by atoms with Gasteiger partial charge in [0.1, 0.15) is 0 Å². The number of aromatic nitrogens is 5. The second-order valence-electron chi connectivity index (χ2n) is 7.06. The average Bonchev–Trinajstić information content (AvgIpc) is 3.15. The molecule has 3 N–H and O–H groups in total. The van der Waals surface area contributed by atoms with E-state index in [9.17, 15) is 13.2 Å². The molecule has 0 fully saturated rings. The van der Waals surface area contributed by atoms with Crippen LogP contribution in [0.4, 0.5) is 17.3 Å². The predicted octanol–water partition coefficient (Wildman–Crippen LogP) is 1.96. The van der Waals surface area contributed by atoms with E-state index in [1.165, 1.54) is 6.92 Å². The van der Waals surface area contributed by atoms with Gasteiger partial charge in [-0.3, -0.25) is 9.52 Å². The van der Waals surface area contributed by atoms with Gasteiger partial charge in [0.05, 0.1) is 23.8 Å². The highest BCUT2D eigenvalue weighted by molar-refractivity contribution is 7.92. The van der Waals surface area contributed by atoms with Crippen LogP contribution in [0.3, 0.4) is 0 Å². The molecule has 11 nitrogen and oxygen atoms in total. The van der Waals surface area contributed by atoms with E-state index in [-0.39, 0.29) is 5.91 Å². The number of hydrogen-bond donors (Lipinski definition) is 3. The molecule has 0 saturated heterocycles. The molecule has 4 rings (SSSR count). The zero-order chi connectivity index (χ0) is 22.7. The first-order chi connectivity index (χ1) is 15.3. The zero-order valence-electron chi connectivity index (χ0n) is 17.3. The number of nitrogens with zero attached hydrogens (tertiary/aromatic N) is 5. The number of fused-ring (bicyclic) bond motifs is 1. The molecule has 2 aromatic carbocycles. The van der Waals surface area contributed by atoms with Crippen LogP contribution >= 0.6 is 0 Å². The maximum Gasteiger partial charge on any atom is 0.229 e. The Balaban J connectivity index is 1.62. The van der Waals surface area contributed by atoms with Gasteiger partial charge in [-0.1, -0.05) is 23.4 Å². The summed E-state index contributed by atoms with van der Waals surface area (Å²) >= 11 is 0. The van der Waals surface area contributed by atoms with Gasteiger partial charge in [-0.25, -0.2) is 13.4 Å². The number of nitrogens with one attached hydrogen (secondary N) is 3. The number of amides is 1. The normalized spacial score (nSPS) is 11.3. The number of anilines is 3. The van der Waals surface area contributed by atoms with Crippen LogP contribution in [-0.4, -0.2) is 45.5 Å². The molecule has 0 aliphatic rings. The first-order valence-electron chi connectivity index (χ1n) is 9.54. The molecule has 2 aromatic heterocycles. The highest BCUT2D eigenvalue weighted by Gasteiger charge is 2.11. The number of sulfonamides is 1. The van der Waals surface area contributed by atoms with Crippen LogP contribution in [0, 0.1) is 0 Å². The summed E-state index contributed by atoms with van der Waals surface area (Å²) in [6, 6.07) is 14.3. The first kappa shape index (κ1) is 21.2.